The molecule has 0 atom stereocenters. The predicted octanol–water partition coefficient (Wildman–Crippen LogP) is 4.98. The first-order chi connectivity index (χ1) is 20.5. The van der Waals surface area contributed by atoms with Gasteiger partial charge in [0.05, 0.1) is 46.2 Å². The Hall–Kier alpha value is -5.42. The quantitative estimate of drug-likeness (QED) is 0.184. The van der Waals surface area contributed by atoms with Crippen molar-refractivity contribution in [3.63, 3.8) is 0 Å². The molecule has 0 aliphatic rings. The highest BCUT2D eigenvalue weighted by Crippen LogP contribution is 2.40. The molecule has 1 amide bonds. The third kappa shape index (κ3) is 7.66. The Morgan fingerprint density at radius 3 is 2.67 bits per heavy atom. The van der Waals surface area contributed by atoms with Crippen molar-refractivity contribution >= 4 is 34.4 Å². The molecule has 11 nitrogen and oxygen atoms in total. The third-order valence-electron chi connectivity index (χ3n) is 6.10. The van der Waals surface area contributed by atoms with E-state index >= 15 is 0 Å². The normalized spacial score (nSPS) is 11.5. The number of amides is 1. The average molecular weight is 592 g/mol. The van der Waals surface area contributed by atoms with Crippen LogP contribution in [0.1, 0.15) is 5.56 Å². The lowest BCUT2D eigenvalue weighted by Crippen LogP contribution is -2.29. The molecule has 0 spiro atoms. The number of fused-ring (bicyclic) bond motifs is 1. The van der Waals surface area contributed by atoms with Gasteiger partial charge in [0, 0.05) is 44.0 Å². The zero-order valence-electron chi connectivity index (χ0n) is 23.6. The first-order valence-corrected chi connectivity index (χ1v) is 12.9. The van der Waals surface area contributed by atoms with Gasteiger partial charge in [-0.05, 0) is 32.3 Å². The van der Waals surface area contributed by atoms with Crippen molar-refractivity contribution in [2.45, 2.75) is 6.36 Å². The summed E-state index contributed by atoms with van der Waals surface area (Å²) in [6, 6.07) is 9.89. The molecule has 0 saturated carbocycles. The third-order valence-corrected chi connectivity index (χ3v) is 6.10. The summed E-state index contributed by atoms with van der Waals surface area (Å²) in [6.45, 7) is 4.55. The smallest absolute Gasteiger partial charge is 0.403 e. The lowest BCUT2D eigenvalue weighted by molar-refractivity contribution is -0.274. The van der Waals surface area contributed by atoms with Crippen molar-refractivity contribution in [1.29, 1.82) is 5.26 Å². The highest BCUT2D eigenvalue weighted by atomic mass is 19.4. The van der Waals surface area contributed by atoms with Crippen LogP contribution in [0.25, 0.3) is 16.8 Å². The molecule has 4 rings (SSSR count). The van der Waals surface area contributed by atoms with E-state index in [1.54, 1.807) is 40.9 Å². The zero-order chi connectivity index (χ0) is 31.1. The fourth-order valence-corrected chi connectivity index (χ4v) is 4.06. The van der Waals surface area contributed by atoms with Crippen LogP contribution in [0.4, 0.5) is 36.2 Å². The number of carbonyl (C=O) groups is 1. The van der Waals surface area contributed by atoms with Gasteiger partial charge < -0.3 is 25.2 Å². The summed E-state index contributed by atoms with van der Waals surface area (Å²) < 4.78 is 46.7. The van der Waals surface area contributed by atoms with Crippen LogP contribution in [0.2, 0.25) is 0 Å². The Morgan fingerprint density at radius 2 is 1.98 bits per heavy atom. The number of anilines is 4. The second kappa shape index (κ2) is 13.0. The molecule has 2 N–H and O–H groups in total. The van der Waals surface area contributed by atoms with Gasteiger partial charge in [-0.2, -0.15) is 10.4 Å². The van der Waals surface area contributed by atoms with Crippen molar-refractivity contribution in [3.8, 4) is 23.1 Å². The molecule has 0 fully saturated rings. The van der Waals surface area contributed by atoms with E-state index < -0.39 is 18.0 Å². The maximum absolute atomic E-state index is 13.6. The fourth-order valence-electron chi connectivity index (χ4n) is 4.06. The van der Waals surface area contributed by atoms with Gasteiger partial charge in [0.1, 0.15) is 6.07 Å². The minimum atomic E-state index is -5.03. The monoisotopic (exact) mass is 591 g/mol. The molecular formula is C29H28F3N9O2. The maximum atomic E-state index is 13.6. The fraction of sp³-hybridized carbons (Fsp3) is 0.207. The van der Waals surface area contributed by atoms with E-state index in [0.29, 0.717) is 24.2 Å². The van der Waals surface area contributed by atoms with Crippen molar-refractivity contribution in [2.75, 3.05) is 49.8 Å². The molecular weight excluding hydrogens is 563 g/mol. The summed E-state index contributed by atoms with van der Waals surface area (Å²) in [4.78, 5) is 24.8. The Bertz CT molecular complexity index is 1710. The topological polar surface area (TPSA) is 124 Å². The van der Waals surface area contributed by atoms with E-state index in [1.807, 2.05) is 25.1 Å². The number of ether oxygens (including phenoxy) is 1. The van der Waals surface area contributed by atoms with Gasteiger partial charge in [-0.25, -0.2) is 14.5 Å². The lowest BCUT2D eigenvalue weighted by Gasteiger charge is -2.26. The second-order valence-corrected chi connectivity index (χ2v) is 9.50. The first-order valence-electron chi connectivity index (χ1n) is 12.9. The van der Waals surface area contributed by atoms with Crippen LogP contribution in [0.5, 0.6) is 5.75 Å². The zero-order valence-corrected chi connectivity index (χ0v) is 23.6. The summed E-state index contributed by atoms with van der Waals surface area (Å²) in [5, 5.41) is 19.5. The van der Waals surface area contributed by atoms with E-state index in [0.717, 1.165) is 0 Å². The molecule has 0 aliphatic heterocycles. The molecule has 0 saturated heterocycles. The lowest BCUT2D eigenvalue weighted by atomic mass is 10.1. The number of nitrogens with one attached hydrogen (secondary N) is 2. The highest BCUT2D eigenvalue weighted by molar-refractivity contribution is 6.02. The number of alkyl halides is 3. The maximum Gasteiger partial charge on any atom is 0.573 e. The van der Waals surface area contributed by atoms with Crippen LogP contribution < -0.4 is 20.3 Å². The highest BCUT2D eigenvalue weighted by Gasteiger charge is 2.33. The molecule has 222 valence electrons. The minimum absolute atomic E-state index is 0.117. The number of nitrogens with zero attached hydrogens (tertiary/aromatic N) is 7. The number of halogens is 3. The number of rotatable bonds is 11. The van der Waals surface area contributed by atoms with Gasteiger partial charge in [-0.3, -0.25) is 4.79 Å². The number of aromatic nitrogens is 4. The van der Waals surface area contributed by atoms with E-state index in [1.165, 1.54) is 42.8 Å². The molecule has 0 bridgehead atoms. The number of benzene rings is 1. The molecule has 0 unspecified atom stereocenters. The summed E-state index contributed by atoms with van der Waals surface area (Å²) in [5.41, 5.74) is 1.84. The average Bonchev–Trinajstić information content (AvgIpc) is 3.39. The van der Waals surface area contributed by atoms with Crippen LogP contribution in [-0.4, -0.2) is 71.0 Å². The number of hydrogen-bond acceptors (Lipinski definition) is 9. The molecule has 14 heteroatoms. The van der Waals surface area contributed by atoms with E-state index in [2.05, 4.69) is 37.0 Å². The summed E-state index contributed by atoms with van der Waals surface area (Å²) in [6.07, 6.45) is 3.57. The van der Waals surface area contributed by atoms with Gasteiger partial charge in [-0.15, -0.1) is 13.2 Å². The van der Waals surface area contributed by atoms with Crippen LogP contribution in [0.15, 0.2) is 73.7 Å². The summed E-state index contributed by atoms with van der Waals surface area (Å²) >= 11 is 0. The van der Waals surface area contributed by atoms with Crippen LogP contribution in [-0.2, 0) is 4.79 Å². The van der Waals surface area contributed by atoms with Crippen molar-refractivity contribution in [2.24, 2.45) is 0 Å². The van der Waals surface area contributed by atoms with E-state index in [4.69, 9.17) is 0 Å². The van der Waals surface area contributed by atoms with Gasteiger partial charge in [0.25, 0.3) is 0 Å². The standard InChI is InChI=1S/C29H28F3N9O2/c1-5-6-10-26(42)36-21-14-22(25(43-29(30,31)32)15-24(21)40(4)13-12-39(2)3)37-28-34-17-19(16-33)27(38-28)20-18-35-41-11-8-7-9-23(20)41/h5-11,14-15,17-18H,1,12-13H2,2-4H3,(H,36,42)(H,34,37,38)/b10-6-. The number of allylic oxidation sites excluding steroid dienone is 2. The molecule has 43 heavy (non-hydrogen) atoms. The Labute approximate surface area is 245 Å². The molecule has 4 aromatic rings. The van der Waals surface area contributed by atoms with Crippen molar-refractivity contribution in [1.82, 2.24) is 24.5 Å². The van der Waals surface area contributed by atoms with E-state index in [9.17, 15) is 23.2 Å². The molecule has 3 aromatic heterocycles. The van der Waals surface area contributed by atoms with Gasteiger partial charge in [0.15, 0.2) is 5.75 Å². The SMILES string of the molecule is C=C/C=C\C(=O)Nc1cc(Nc2ncc(C#N)c(-c3cnn4ccccc34)n2)c(OC(F)(F)F)cc1N(C)CCN(C)C. The minimum Gasteiger partial charge on any atom is -0.403 e. The molecule has 0 radical (unpaired) electrons. The Kier molecular flexibility index (Phi) is 9.26. The predicted molar refractivity (Wildman–Crippen MR) is 157 cm³/mol. The molecule has 1 aromatic carbocycles. The largest absolute Gasteiger partial charge is 0.573 e. The van der Waals surface area contributed by atoms with Crippen LogP contribution >= 0.6 is 0 Å². The second-order valence-electron chi connectivity index (χ2n) is 9.50. The summed E-state index contributed by atoms with van der Waals surface area (Å²) in [5.74, 6) is -1.22. The number of carbonyl (C=O) groups excluding carboxylic acids is 1. The number of hydrogen-bond donors (Lipinski definition) is 2. The number of pyridine rings is 1. The van der Waals surface area contributed by atoms with Crippen LogP contribution in [0, 0.1) is 11.3 Å². The van der Waals surface area contributed by atoms with Crippen molar-refractivity contribution in [3.05, 3.63) is 79.3 Å². The number of likely N-dealkylation sites (N-methyl/N-ethyl adjacent to an activating group) is 2. The van der Waals surface area contributed by atoms with Crippen molar-refractivity contribution < 1.29 is 22.7 Å². The van der Waals surface area contributed by atoms with Gasteiger partial charge in [0.2, 0.25) is 11.9 Å². The molecule has 3 heterocycles. The number of nitriles is 1. The Balaban J connectivity index is 1.82. The van der Waals surface area contributed by atoms with E-state index in [-0.39, 0.29) is 34.3 Å². The van der Waals surface area contributed by atoms with Crippen LogP contribution in [0.3, 0.4) is 0 Å². The first kappa shape index (κ1) is 30.5. The molecule has 0 aliphatic carbocycles. The van der Waals surface area contributed by atoms with Gasteiger partial charge in [-0.1, -0.05) is 24.8 Å². The van der Waals surface area contributed by atoms with Gasteiger partial charge >= 0.3 is 6.36 Å². The summed E-state index contributed by atoms with van der Waals surface area (Å²) in [7, 11) is 5.41. The Morgan fingerprint density at radius 1 is 1.19 bits per heavy atom.